The molecule has 0 fully saturated rings. The number of nitrogens with zero attached hydrogens (tertiary/aromatic N) is 4. The normalized spacial score (nSPS) is 18.2. The second-order valence-electron chi connectivity index (χ2n) is 5.78. The van der Waals surface area contributed by atoms with Crippen molar-refractivity contribution in [3.63, 3.8) is 0 Å². The maximum absolute atomic E-state index is 13.1. The average Bonchev–Trinajstić information content (AvgIpc) is 2.99. The van der Waals surface area contributed by atoms with Crippen LogP contribution in [-0.2, 0) is 27.9 Å². The van der Waals surface area contributed by atoms with Gasteiger partial charge in [0.05, 0.1) is 13.7 Å². The maximum Gasteiger partial charge on any atom is 0.247 e. The fourth-order valence-electron chi connectivity index (χ4n) is 2.98. The predicted molar refractivity (Wildman–Crippen MR) is 91.0 cm³/mol. The molecule has 1 aromatic heterocycles. The summed E-state index contributed by atoms with van der Waals surface area (Å²) in [6, 6.07) is 4.41. The molecule has 1 atom stereocenters. The molecule has 10 heteroatoms. The Morgan fingerprint density at radius 2 is 2.08 bits per heavy atom. The van der Waals surface area contributed by atoms with Crippen molar-refractivity contribution < 1.29 is 17.9 Å². The third kappa shape index (κ3) is 3.24. The summed E-state index contributed by atoms with van der Waals surface area (Å²) < 4.78 is 39.8. The third-order valence-corrected chi connectivity index (χ3v) is 6.15. The summed E-state index contributed by atoms with van der Waals surface area (Å²) >= 11 is 5.99. The summed E-state index contributed by atoms with van der Waals surface area (Å²) in [5.74, 6) is 1.52. The topological polar surface area (TPSA) is 86.6 Å². The van der Waals surface area contributed by atoms with Gasteiger partial charge in [-0.1, -0.05) is 11.6 Å². The summed E-state index contributed by atoms with van der Waals surface area (Å²) in [4.78, 5) is 0.0415. The number of aromatic nitrogens is 3. The second-order valence-corrected chi connectivity index (χ2v) is 8.12. The molecule has 2 aromatic rings. The highest BCUT2D eigenvalue weighted by atomic mass is 35.5. The first-order valence-corrected chi connectivity index (χ1v) is 9.45. The van der Waals surface area contributed by atoms with Crippen molar-refractivity contribution in [3.8, 4) is 5.75 Å². The van der Waals surface area contributed by atoms with Crippen LogP contribution in [0.5, 0.6) is 5.75 Å². The summed E-state index contributed by atoms with van der Waals surface area (Å²) in [6.45, 7) is 2.66. The minimum absolute atomic E-state index is 0.0415. The van der Waals surface area contributed by atoms with Crippen LogP contribution in [0.25, 0.3) is 0 Å². The number of sulfonamides is 1. The van der Waals surface area contributed by atoms with Crippen molar-refractivity contribution in [2.24, 2.45) is 0 Å². The number of methoxy groups -OCH3 is 2. The lowest BCUT2D eigenvalue weighted by Gasteiger charge is -2.32. The van der Waals surface area contributed by atoms with Crippen LogP contribution in [0.4, 0.5) is 0 Å². The van der Waals surface area contributed by atoms with Gasteiger partial charge in [0.1, 0.15) is 23.1 Å². The summed E-state index contributed by atoms with van der Waals surface area (Å²) in [5, 5.41) is 8.54. The second kappa shape index (κ2) is 6.91. The molecule has 0 aliphatic carbocycles. The van der Waals surface area contributed by atoms with E-state index in [0.717, 1.165) is 0 Å². The highest BCUT2D eigenvalue weighted by Crippen LogP contribution is 2.33. The van der Waals surface area contributed by atoms with Gasteiger partial charge in [-0.25, -0.2) is 8.42 Å². The van der Waals surface area contributed by atoms with Gasteiger partial charge in [0, 0.05) is 24.7 Å². The Labute approximate surface area is 151 Å². The van der Waals surface area contributed by atoms with Crippen LogP contribution in [0, 0.1) is 0 Å². The lowest BCUT2D eigenvalue weighted by atomic mass is 10.2. The minimum Gasteiger partial charge on any atom is -0.495 e. The molecule has 0 saturated carbocycles. The fraction of sp³-hybridized carbons (Fsp3) is 0.467. The molecule has 136 valence electrons. The van der Waals surface area contributed by atoms with Crippen molar-refractivity contribution >= 4 is 21.6 Å². The van der Waals surface area contributed by atoms with Crippen molar-refractivity contribution in [2.45, 2.75) is 31.0 Å². The van der Waals surface area contributed by atoms with Gasteiger partial charge in [-0.05, 0) is 25.1 Å². The van der Waals surface area contributed by atoms with E-state index in [9.17, 15) is 8.42 Å². The Kier molecular flexibility index (Phi) is 5.01. The molecule has 0 bridgehead atoms. The highest BCUT2D eigenvalue weighted by Gasteiger charge is 2.35. The molecule has 8 nitrogen and oxygen atoms in total. The SMILES string of the molecule is COCc1nnc2n1[C@@H](C)CN(S(=O)(=O)c1cc(Cl)ccc1OC)C2. The fourth-order valence-corrected chi connectivity index (χ4v) is 4.87. The van der Waals surface area contributed by atoms with Gasteiger partial charge in [0.25, 0.3) is 0 Å². The van der Waals surface area contributed by atoms with E-state index in [0.29, 0.717) is 29.8 Å². The smallest absolute Gasteiger partial charge is 0.247 e. The number of hydrogen-bond donors (Lipinski definition) is 0. The first-order valence-electron chi connectivity index (χ1n) is 7.63. The number of rotatable bonds is 5. The van der Waals surface area contributed by atoms with Gasteiger partial charge in [-0.3, -0.25) is 0 Å². The number of halogens is 1. The van der Waals surface area contributed by atoms with Crippen molar-refractivity contribution in [2.75, 3.05) is 20.8 Å². The number of hydrogen-bond acceptors (Lipinski definition) is 6. The molecular weight excluding hydrogens is 368 g/mol. The number of benzene rings is 1. The molecule has 1 aliphatic rings. The van der Waals surface area contributed by atoms with Crippen LogP contribution in [-0.4, -0.2) is 48.3 Å². The van der Waals surface area contributed by atoms with Crippen LogP contribution in [0.3, 0.4) is 0 Å². The van der Waals surface area contributed by atoms with Gasteiger partial charge in [0.2, 0.25) is 10.0 Å². The van der Waals surface area contributed by atoms with E-state index >= 15 is 0 Å². The van der Waals surface area contributed by atoms with Crippen LogP contribution < -0.4 is 4.74 Å². The molecule has 3 rings (SSSR count). The van der Waals surface area contributed by atoms with E-state index < -0.39 is 10.0 Å². The molecular formula is C15H19ClN4O4S. The van der Waals surface area contributed by atoms with Crippen LogP contribution in [0.2, 0.25) is 5.02 Å². The molecule has 0 amide bonds. The van der Waals surface area contributed by atoms with E-state index in [4.69, 9.17) is 21.1 Å². The first-order chi connectivity index (χ1) is 11.9. The van der Waals surface area contributed by atoms with Gasteiger partial charge in [-0.2, -0.15) is 4.31 Å². The largest absolute Gasteiger partial charge is 0.495 e. The van der Waals surface area contributed by atoms with E-state index in [1.165, 1.54) is 17.5 Å². The number of fused-ring (bicyclic) bond motifs is 1. The monoisotopic (exact) mass is 386 g/mol. The Morgan fingerprint density at radius 1 is 1.32 bits per heavy atom. The highest BCUT2D eigenvalue weighted by molar-refractivity contribution is 7.89. The quantitative estimate of drug-likeness (QED) is 0.779. The zero-order valence-corrected chi connectivity index (χ0v) is 15.7. The van der Waals surface area contributed by atoms with Gasteiger partial charge >= 0.3 is 0 Å². The third-order valence-electron chi connectivity index (χ3n) is 4.08. The molecule has 1 aliphatic heterocycles. The van der Waals surface area contributed by atoms with Crippen LogP contribution in [0.1, 0.15) is 24.6 Å². The Balaban J connectivity index is 1.98. The minimum atomic E-state index is -3.79. The zero-order valence-electron chi connectivity index (χ0n) is 14.1. The molecule has 2 heterocycles. The van der Waals surface area contributed by atoms with Crippen LogP contribution in [0.15, 0.2) is 23.1 Å². The molecule has 0 radical (unpaired) electrons. The van der Waals surface area contributed by atoms with E-state index in [2.05, 4.69) is 10.2 Å². The summed E-state index contributed by atoms with van der Waals surface area (Å²) in [6.07, 6.45) is 0. The molecule has 0 saturated heterocycles. The Bertz CT molecular complexity index is 884. The molecule has 1 aromatic carbocycles. The van der Waals surface area contributed by atoms with E-state index in [1.807, 2.05) is 11.5 Å². The van der Waals surface area contributed by atoms with Gasteiger partial charge < -0.3 is 14.0 Å². The zero-order chi connectivity index (χ0) is 18.2. The number of ether oxygens (including phenoxy) is 2. The molecule has 25 heavy (non-hydrogen) atoms. The van der Waals surface area contributed by atoms with Crippen LogP contribution >= 0.6 is 11.6 Å². The standard InChI is InChI=1S/C15H19ClN4O4S/c1-10-7-19(8-14-17-18-15(9-23-2)20(10)14)25(21,22)13-6-11(16)4-5-12(13)24-3/h4-6,10H,7-9H2,1-3H3/t10-/m0/s1. The molecule has 0 spiro atoms. The maximum atomic E-state index is 13.1. The lowest BCUT2D eigenvalue weighted by molar-refractivity contribution is 0.168. The molecule has 0 unspecified atom stereocenters. The van der Waals surface area contributed by atoms with E-state index in [-0.39, 0.29) is 23.2 Å². The Hall–Kier alpha value is -1.68. The van der Waals surface area contributed by atoms with E-state index in [1.54, 1.807) is 19.2 Å². The van der Waals surface area contributed by atoms with Crippen molar-refractivity contribution in [3.05, 3.63) is 34.9 Å². The van der Waals surface area contributed by atoms with Gasteiger partial charge in [0.15, 0.2) is 5.82 Å². The summed E-state index contributed by atoms with van der Waals surface area (Å²) in [5.41, 5.74) is 0. The average molecular weight is 387 g/mol. The van der Waals surface area contributed by atoms with Crippen molar-refractivity contribution in [1.82, 2.24) is 19.1 Å². The Morgan fingerprint density at radius 3 is 2.76 bits per heavy atom. The lowest BCUT2D eigenvalue weighted by Crippen LogP contribution is -2.40. The van der Waals surface area contributed by atoms with Gasteiger partial charge in [-0.15, -0.1) is 10.2 Å². The van der Waals surface area contributed by atoms with Crippen molar-refractivity contribution in [1.29, 1.82) is 0 Å². The summed E-state index contributed by atoms with van der Waals surface area (Å²) in [7, 11) is -0.788. The molecule has 0 N–H and O–H groups in total. The first kappa shape index (κ1) is 18.1. The predicted octanol–water partition coefficient (Wildman–Crippen LogP) is 1.85.